The van der Waals surface area contributed by atoms with E-state index in [0.717, 1.165) is 44.2 Å². The van der Waals surface area contributed by atoms with E-state index in [1.807, 2.05) is 23.1 Å². The minimum atomic E-state index is -3.47. The highest BCUT2D eigenvalue weighted by Crippen LogP contribution is 2.33. The molecular formula is C22H26N2O3S. The third-order valence-corrected chi connectivity index (χ3v) is 7.66. The van der Waals surface area contributed by atoms with Crippen molar-refractivity contribution >= 4 is 15.9 Å². The lowest BCUT2D eigenvalue weighted by atomic mass is 10.0. The fraction of sp³-hybridized carbons (Fsp3) is 0.409. The molecule has 2 aromatic rings. The van der Waals surface area contributed by atoms with Gasteiger partial charge in [0.2, 0.25) is 10.0 Å². The van der Waals surface area contributed by atoms with Gasteiger partial charge in [-0.15, -0.1) is 0 Å². The molecule has 2 saturated heterocycles. The van der Waals surface area contributed by atoms with E-state index in [2.05, 4.69) is 12.1 Å². The number of amides is 1. The van der Waals surface area contributed by atoms with Crippen LogP contribution in [0.1, 0.15) is 54.1 Å². The van der Waals surface area contributed by atoms with Gasteiger partial charge in [-0.2, -0.15) is 4.31 Å². The number of carbonyl (C=O) groups is 1. The highest BCUT2D eigenvalue weighted by Gasteiger charge is 2.31. The van der Waals surface area contributed by atoms with E-state index in [1.54, 1.807) is 28.6 Å². The van der Waals surface area contributed by atoms with Gasteiger partial charge >= 0.3 is 0 Å². The normalized spacial score (nSPS) is 21.0. The zero-order valence-corrected chi connectivity index (χ0v) is 16.8. The van der Waals surface area contributed by atoms with Crippen LogP contribution in [0.5, 0.6) is 0 Å². The zero-order valence-electron chi connectivity index (χ0n) is 16.0. The van der Waals surface area contributed by atoms with Crippen molar-refractivity contribution in [3.05, 3.63) is 65.7 Å². The molecule has 2 aliphatic heterocycles. The summed E-state index contributed by atoms with van der Waals surface area (Å²) in [6, 6.07) is 16.6. The first-order valence-electron chi connectivity index (χ1n) is 10.0. The summed E-state index contributed by atoms with van der Waals surface area (Å²) in [5.41, 5.74) is 1.69. The number of benzene rings is 2. The lowest BCUT2D eigenvalue weighted by Gasteiger charge is -2.26. The van der Waals surface area contributed by atoms with E-state index in [-0.39, 0.29) is 16.8 Å². The second kappa shape index (κ2) is 8.05. The van der Waals surface area contributed by atoms with Crippen LogP contribution in [0.3, 0.4) is 0 Å². The van der Waals surface area contributed by atoms with Gasteiger partial charge in [-0.1, -0.05) is 36.8 Å². The van der Waals surface area contributed by atoms with E-state index in [1.165, 1.54) is 0 Å². The van der Waals surface area contributed by atoms with Gasteiger partial charge in [-0.25, -0.2) is 8.42 Å². The second-order valence-electron chi connectivity index (χ2n) is 7.56. The average Bonchev–Trinajstić information content (AvgIpc) is 3.24. The molecule has 6 heteroatoms. The fourth-order valence-corrected chi connectivity index (χ4v) is 5.74. The number of hydrogen-bond donors (Lipinski definition) is 0. The van der Waals surface area contributed by atoms with Gasteiger partial charge in [-0.3, -0.25) is 4.79 Å². The number of carbonyl (C=O) groups excluding carboxylic acids is 1. The van der Waals surface area contributed by atoms with Gasteiger partial charge in [0.1, 0.15) is 0 Å². The number of piperidine rings is 1. The van der Waals surface area contributed by atoms with Gasteiger partial charge in [0, 0.05) is 25.2 Å². The Bertz CT molecular complexity index is 920. The summed E-state index contributed by atoms with van der Waals surface area (Å²) in [7, 11) is -3.47. The summed E-state index contributed by atoms with van der Waals surface area (Å²) >= 11 is 0. The van der Waals surface area contributed by atoms with Crippen LogP contribution in [0.4, 0.5) is 0 Å². The summed E-state index contributed by atoms with van der Waals surface area (Å²) in [6.07, 6.45) is 4.83. The predicted molar refractivity (Wildman–Crippen MR) is 109 cm³/mol. The number of rotatable bonds is 4. The molecule has 4 rings (SSSR count). The molecule has 0 bridgehead atoms. The number of nitrogens with zero attached hydrogens (tertiary/aromatic N) is 2. The Morgan fingerprint density at radius 3 is 2.18 bits per heavy atom. The molecule has 0 aromatic heterocycles. The maximum Gasteiger partial charge on any atom is 0.254 e. The third-order valence-electron chi connectivity index (χ3n) is 5.75. The molecule has 0 N–H and O–H groups in total. The van der Waals surface area contributed by atoms with Gasteiger partial charge in [0.25, 0.3) is 5.91 Å². The molecule has 0 spiro atoms. The Balaban J connectivity index is 1.53. The number of sulfonamides is 1. The van der Waals surface area contributed by atoms with Crippen molar-refractivity contribution < 1.29 is 13.2 Å². The number of likely N-dealkylation sites (tertiary alicyclic amines) is 1. The first-order valence-corrected chi connectivity index (χ1v) is 11.5. The smallest absolute Gasteiger partial charge is 0.254 e. The van der Waals surface area contributed by atoms with Crippen LogP contribution in [0.15, 0.2) is 59.5 Å². The van der Waals surface area contributed by atoms with E-state index < -0.39 is 10.0 Å². The van der Waals surface area contributed by atoms with Crippen molar-refractivity contribution in [2.45, 2.75) is 43.0 Å². The minimum Gasteiger partial charge on any atom is -0.332 e. The predicted octanol–water partition coefficient (Wildman–Crippen LogP) is 3.84. The summed E-state index contributed by atoms with van der Waals surface area (Å²) in [5.74, 6) is -0.0340. The summed E-state index contributed by atoms with van der Waals surface area (Å²) < 4.78 is 27.1. The minimum absolute atomic E-state index is 0.0340. The van der Waals surface area contributed by atoms with Crippen LogP contribution in [0, 0.1) is 0 Å². The summed E-state index contributed by atoms with van der Waals surface area (Å²) in [4.78, 5) is 15.2. The van der Waals surface area contributed by atoms with Gasteiger partial charge < -0.3 is 4.90 Å². The quantitative estimate of drug-likeness (QED) is 0.786. The Labute approximate surface area is 167 Å². The second-order valence-corrected chi connectivity index (χ2v) is 9.49. The van der Waals surface area contributed by atoms with Crippen molar-refractivity contribution in [1.82, 2.24) is 9.21 Å². The van der Waals surface area contributed by atoms with Crippen molar-refractivity contribution in [3.8, 4) is 0 Å². The average molecular weight is 399 g/mol. The molecule has 0 radical (unpaired) electrons. The van der Waals surface area contributed by atoms with Gasteiger partial charge in [0.15, 0.2) is 0 Å². The molecular weight excluding hydrogens is 372 g/mol. The van der Waals surface area contributed by atoms with Crippen molar-refractivity contribution in [2.75, 3.05) is 19.6 Å². The van der Waals surface area contributed by atoms with Crippen LogP contribution in [0.25, 0.3) is 0 Å². The zero-order chi connectivity index (χ0) is 19.6. The Morgan fingerprint density at radius 1 is 0.821 bits per heavy atom. The molecule has 148 valence electrons. The van der Waals surface area contributed by atoms with E-state index in [4.69, 9.17) is 0 Å². The Morgan fingerprint density at radius 2 is 1.50 bits per heavy atom. The lowest BCUT2D eigenvalue weighted by molar-refractivity contribution is 0.0735. The third kappa shape index (κ3) is 3.71. The standard InChI is InChI=1S/C22H26N2O3S/c25-22(24-17-7-10-21(24)18-8-3-1-4-9-18)19-11-13-20(14-12-19)28(26,27)23-15-5-2-6-16-23/h1,3-4,8-9,11-14,21H,2,5-7,10,15-17H2. The first kappa shape index (κ1) is 19.2. The van der Waals surface area contributed by atoms with Gasteiger partial charge in [-0.05, 0) is 55.5 Å². The van der Waals surface area contributed by atoms with Crippen LogP contribution in [-0.2, 0) is 10.0 Å². The van der Waals surface area contributed by atoms with Crippen molar-refractivity contribution in [3.63, 3.8) is 0 Å². The Hall–Kier alpha value is -2.18. The molecule has 1 amide bonds. The molecule has 2 fully saturated rings. The molecule has 0 saturated carbocycles. The largest absolute Gasteiger partial charge is 0.332 e. The number of hydrogen-bond acceptors (Lipinski definition) is 3. The van der Waals surface area contributed by atoms with Crippen LogP contribution >= 0.6 is 0 Å². The summed E-state index contributed by atoms with van der Waals surface area (Å²) in [5, 5.41) is 0. The van der Waals surface area contributed by atoms with Crippen LogP contribution < -0.4 is 0 Å². The highest BCUT2D eigenvalue weighted by molar-refractivity contribution is 7.89. The molecule has 1 unspecified atom stereocenters. The fourth-order valence-electron chi connectivity index (χ4n) is 4.22. The maximum atomic E-state index is 13.1. The molecule has 28 heavy (non-hydrogen) atoms. The molecule has 2 heterocycles. The highest BCUT2D eigenvalue weighted by atomic mass is 32.2. The van der Waals surface area contributed by atoms with Gasteiger partial charge in [0.05, 0.1) is 10.9 Å². The van der Waals surface area contributed by atoms with Crippen LogP contribution in [0.2, 0.25) is 0 Å². The van der Waals surface area contributed by atoms with E-state index >= 15 is 0 Å². The molecule has 1 atom stereocenters. The van der Waals surface area contributed by atoms with Crippen LogP contribution in [-0.4, -0.2) is 43.2 Å². The molecule has 2 aromatic carbocycles. The maximum absolute atomic E-state index is 13.1. The summed E-state index contributed by atoms with van der Waals surface area (Å²) in [6.45, 7) is 1.89. The SMILES string of the molecule is O=C(c1ccc(S(=O)(=O)N2CCCCC2)cc1)N1CCCC1c1ccccc1. The molecule has 2 aliphatic rings. The topological polar surface area (TPSA) is 57.7 Å². The molecule has 0 aliphatic carbocycles. The monoisotopic (exact) mass is 398 g/mol. The molecule has 5 nitrogen and oxygen atoms in total. The van der Waals surface area contributed by atoms with Crippen molar-refractivity contribution in [2.24, 2.45) is 0 Å². The Kier molecular flexibility index (Phi) is 5.51. The van der Waals surface area contributed by atoms with E-state index in [9.17, 15) is 13.2 Å². The lowest BCUT2D eigenvalue weighted by Crippen LogP contribution is -2.35. The van der Waals surface area contributed by atoms with E-state index in [0.29, 0.717) is 18.7 Å². The van der Waals surface area contributed by atoms with Crippen molar-refractivity contribution in [1.29, 1.82) is 0 Å². The first-order chi connectivity index (χ1) is 13.6.